The molecule has 1 atom stereocenters. The van der Waals surface area contributed by atoms with Crippen LogP contribution in [-0.4, -0.2) is 25.1 Å². The molecule has 0 radical (unpaired) electrons. The van der Waals surface area contributed by atoms with E-state index in [0.717, 1.165) is 11.1 Å². The Morgan fingerprint density at radius 1 is 1.19 bits per heavy atom. The first-order valence-electron chi connectivity index (χ1n) is 7.95. The molecule has 2 aromatic rings. The number of hydrogen-bond acceptors (Lipinski definition) is 5. The number of methoxy groups -OCH3 is 1. The number of carbonyl (C=O) groups excluding carboxylic acids is 2. The third kappa shape index (κ3) is 4.26. The molecule has 0 heterocycles. The molecule has 26 heavy (non-hydrogen) atoms. The summed E-state index contributed by atoms with van der Waals surface area (Å²) in [6.45, 7) is 5.08. The van der Waals surface area contributed by atoms with Gasteiger partial charge in [-0.3, -0.25) is 4.79 Å². The number of anilines is 2. The van der Waals surface area contributed by atoms with Gasteiger partial charge in [-0.25, -0.2) is 4.79 Å². The SMILES string of the molecule is COc1cc(Cl)c(C)cc1NC(=O)[C@H](C)OC(=O)c1cccc(C)c1N. The van der Waals surface area contributed by atoms with Crippen LogP contribution in [0.5, 0.6) is 5.75 Å². The van der Waals surface area contributed by atoms with E-state index in [0.29, 0.717) is 22.1 Å². The summed E-state index contributed by atoms with van der Waals surface area (Å²) in [5.41, 5.74) is 8.44. The Labute approximate surface area is 157 Å². The molecule has 0 spiro atoms. The summed E-state index contributed by atoms with van der Waals surface area (Å²) in [7, 11) is 1.47. The Hall–Kier alpha value is -2.73. The number of rotatable bonds is 5. The highest BCUT2D eigenvalue weighted by Gasteiger charge is 2.22. The lowest BCUT2D eigenvalue weighted by molar-refractivity contribution is -0.123. The van der Waals surface area contributed by atoms with E-state index in [-0.39, 0.29) is 5.56 Å². The molecule has 6 nitrogen and oxygen atoms in total. The van der Waals surface area contributed by atoms with E-state index < -0.39 is 18.0 Å². The van der Waals surface area contributed by atoms with Crippen LogP contribution in [0.25, 0.3) is 0 Å². The van der Waals surface area contributed by atoms with Gasteiger partial charge in [0.25, 0.3) is 5.91 Å². The zero-order valence-electron chi connectivity index (χ0n) is 15.1. The number of nitrogens with one attached hydrogen (secondary N) is 1. The third-order valence-electron chi connectivity index (χ3n) is 3.94. The van der Waals surface area contributed by atoms with Crippen LogP contribution in [0.1, 0.15) is 28.4 Å². The number of aryl methyl sites for hydroxylation is 2. The Bertz CT molecular complexity index is 852. The molecule has 0 aliphatic rings. The van der Waals surface area contributed by atoms with E-state index in [1.165, 1.54) is 14.0 Å². The summed E-state index contributed by atoms with van der Waals surface area (Å²) < 4.78 is 10.5. The van der Waals surface area contributed by atoms with Crippen molar-refractivity contribution >= 4 is 34.9 Å². The maximum Gasteiger partial charge on any atom is 0.341 e. The fraction of sp³-hybridized carbons (Fsp3) is 0.263. The fourth-order valence-electron chi connectivity index (χ4n) is 2.30. The van der Waals surface area contributed by atoms with Gasteiger partial charge in [-0.2, -0.15) is 0 Å². The van der Waals surface area contributed by atoms with Gasteiger partial charge in [-0.15, -0.1) is 0 Å². The van der Waals surface area contributed by atoms with Crippen molar-refractivity contribution in [1.29, 1.82) is 0 Å². The minimum Gasteiger partial charge on any atom is -0.495 e. The van der Waals surface area contributed by atoms with E-state index in [1.54, 1.807) is 44.2 Å². The number of ether oxygens (including phenoxy) is 2. The van der Waals surface area contributed by atoms with Crippen LogP contribution in [0, 0.1) is 13.8 Å². The summed E-state index contributed by atoms with van der Waals surface area (Å²) >= 11 is 6.05. The van der Waals surface area contributed by atoms with Crippen LogP contribution in [0.4, 0.5) is 11.4 Å². The topological polar surface area (TPSA) is 90.6 Å². The minimum absolute atomic E-state index is 0.226. The van der Waals surface area contributed by atoms with Gasteiger partial charge in [0.2, 0.25) is 0 Å². The lowest BCUT2D eigenvalue weighted by Gasteiger charge is -2.17. The van der Waals surface area contributed by atoms with E-state index in [1.807, 2.05) is 0 Å². The highest BCUT2D eigenvalue weighted by atomic mass is 35.5. The summed E-state index contributed by atoms with van der Waals surface area (Å²) in [5.74, 6) is -0.742. The molecule has 7 heteroatoms. The van der Waals surface area contributed by atoms with E-state index in [4.69, 9.17) is 26.8 Å². The molecule has 3 N–H and O–H groups in total. The van der Waals surface area contributed by atoms with Crippen LogP contribution in [0.3, 0.4) is 0 Å². The van der Waals surface area contributed by atoms with Gasteiger partial charge < -0.3 is 20.5 Å². The predicted octanol–water partition coefficient (Wildman–Crippen LogP) is 3.73. The van der Waals surface area contributed by atoms with Gasteiger partial charge >= 0.3 is 5.97 Å². The molecule has 0 saturated carbocycles. The standard InChI is InChI=1S/C19H21ClN2O4/c1-10-6-5-7-13(17(10)21)19(24)26-12(3)18(23)22-15-8-11(2)14(20)9-16(15)25-4/h5-9,12H,21H2,1-4H3,(H,22,23)/t12-/m0/s1. The number of nitrogen functional groups attached to an aromatic ring is 1. The fourth-order valence-corrected chi connectivity index (χ4v) is 2.45. The Morgan fingerprint density at radius 3 is 2.54 bits per heavy atom. The molecule has 0 aliphatic heterocycles. The van der Waals surface area contributed by atoms with Gasteiger partial charge in [0.15, 0.2) is 6.10 Å². The quantitative estimate of drug-likeness (QED) is 0.612. The molecule has 0 unspecified atom stereocenters. The first kappa shape index (κ1) is 19.6. The van der Waals surface area contributed by atoms with Gasteiger partial charge in [-0.05, 0) is 44.0 Å². The van der Waals surface area contributed by atoms with Crippen LogP contribution in [0.15, 0.2) is 30.3 Å². The maximum atomic E-state index is 12.4. The molecule has 0 bridgehead atoms. The summed E-state index contributed by atoms with van der Waals surface area (Å²) in [5, 5.41) is 3.20. The normalized spacial score (nSPS) is 11.6. The van der Waals surface area contributed by atoms with Crippen molar-refractivity contribution in [2.45, 2.75) is 26.9 Å². The van der Waals surface area contributed by atoms with Crippen LogP contribution < -0.4 is 15.8 Å². The van der Waals surface area contributed by atoms with Crippen molar-refractivity contribution in [3.63, 3.8) is 0 Å². The van der Waals surface area contributed by atoms with Crippen molar-refractivity contribution < 1.29 is 19.1 Å². The van der Waals surface area contributed by atoms with E-state index in [2.05, 4.69) is 5.32 Å². The predicted molar refractivity (Wildman–Crippen MR) is 102 cm³/mol. The summed E-state index contributed by atoms with van der Waals surface area (Å²) in [4.78, 5) is 24.7. The highest BCUT2D eigenvalue weighted by molar-refractivity contribution is 6.31. The third-order valence-corrected chi connectivity index (χ3v) is 4.34. The van der Waals surface area contributed by atoms with E-state index in [9.17, 15) is 9.59 Å². The zero-order chi connectivity index (χ0) is 19.4. The number of carbonyl (C=O) groups is 2. The molecule has 0 fully saturated rings. The molecule has 2 aromatic carbocycles. The second kappa shape index (κ2) is 8.10. The van der Waals surface area contributed by atoms with Crippen molar-refractivity contribution in [2.24, 2.45) is 0 Å². The first-order chi connectivity index (χ1) is 12.2. The van der Waals surface area contributed by atoms with Gasteiger partial charge in [0, 0.05) is 16.8 Å². The molecule has 0 aliphatic carbocycles. The van der Waals surface area contributed by atoms with Crippen molar-refractivity contribution in [1.82, 2.24) is 0 Å². The van der Waals surface area contributed by atoms with Crippen molar-refractivity contribution in [3.05, 3.63) is 52.0 Å². The average Bonchev–Trinajstić information content (AvgIpc) is 2.59. The maximum absolute atomic E-state index is 12.4. The molecular weight excluding hydrogens is 356 g/mol. The summed E-state index contributed by atoms with van der Waals surface area (Å²) in [6.07, 6.45) is -1.02. The van der Waals surface area contributed by atoms with Gasteiger partial charge in [0.05, 0.1) is 18.4 Å². The van der Waals surface area contributed by atoms with Crippen LogP contribution in [-0.2, 0) is 9.53 Å². The average molecular weight is 377 g/mol. The smallest absolute Gasteiger partial charge is 0.341 e. The zero-order valence-corrected chi connectivity index (χ0v) is 15.8. The van der Waals surface area contributed by atoms with Gasteiger partial charge in [-0.1, -0.05) is 23.7 Å². The van der Waals surface area contributed by atoms with Crippen LogP contribution >= 0.6 is 11.6 Å². The molecule has 0 aromatic heterocycles. The van der Waals surface area contributed by atoms with Crippen molar-refractivity contribution in [3.8, 4) is 5.75 Å². The Kier molecular flexibility index (Phi) is 6.10. The number of nitrogens with two attached hydrogens (primary N) is 1. The molecule has 2 rings (SSSR count). The molecular formula is C19H21ClN2O4. The van der Waals surface area contributed by atoms with Crippen LogP contribution in [0.2, 0.25) is 5.02 Å². The number of hydrogen-bond donors (Lipinski definition) is 2. The number of benzene rings is 2. The minimum atomic E-state index is -1.02. The summed E-state index contributed by atoms with van der Waals surface area (Å²) in [6, 6.07) is 8.34. The highest BCUT2D eigenvalue weighted by Crippen LogP contribution is 2.31. The second-order valence-corrected chi connectivity index (χ2v) is 6.28. The Balaban J connectivity index is 2.12. The molecule has 0 saturated heterocycles. The molecule has 138 valence electrons. The lowest BCUT2D eigenvalue weighted by Crippen LogP contribution is -2.30. The lowest BCUT2D eigenvalue weighted by atomic mass is 10.1. The van der Waals surface area contributed by atoms with Gasteiger partial charge in [0.1, 0.15) is 5.75 Å². The largest absolute Gasteiger partial charge is 0.495 e. The monoisotopic (exact) mass is 376 g/mol. The number of esters is 1. The second-order valence-electron chi connectivity index (χ2n) is 5.87. The van der Waals surface area contributed by atoms with Crippen molar-refractivity contribution in [2.75, 3.05) is 18.2 Å². The number of halogens is 1. The first-order valence-corrected chi connectivity index (χ1v) is 8.33. The Morgan fingerprint density at radius 2 is 1.88 bits per heavy atom. The number of amides is 1. The molecule has 1 amide bonds. The van der Waals surface area contributed by atoms with E-state index >= 15 is 0 Å². The number of para-hydroxylation sites is 1.